The molecule has 0 spiro atoms. The van der Waals surface area contributed by atoms with Crippen LogP contribution in [0.3, 0.4) is 0 Å². The van der Waals surface area contributed by atoms with Gasteiger partial charge in [-0.3, -0.25) is 4.79 Å². The van der Waals surface area contributed by atoms with Crippen LogP contribution in [0.15, 0.2) is 29.8 Å². The van der Waals surface area contributed by atoms with Crippen LogP contribution in [-0.4, -0.2) is 17.6 Å². The lowest BCUT2D eigenvalue weighted by molar-refractivity contribution is -0.117. The molecule has 0 fully saturated rings. The summed E-state index contributed by atoms with van der Waals surface area (Å²) in [4.78, 5) is 12.1. The zero-order valence-corrected chi connectivity index (χ0v) is 20.3. The van der Waals surface area contributed by atoms with Crippen molar-refractivity contribution in [2.45, 2.75) is 117 Å². The monoisotopic (exact) mass is 429 g/mol. The number of nitrogens with one attached hydrogen (secondary N) is 1. The van der Waals surface area contributed by atoms with Gasteiger partial charge >= 0.3 is 0 Å². The molecule has 2 N–H and O–H groups in total. The van der Waals surface area contributed by atoms with Gasteiger partial charge in [-0.05, 0) is 37.1 Å². The zero-order chi connectivity index (χ0) is 22.6. The molecule has 0 bridgehead atoms. The van der Waals surface area contributed by atoms with Crippen LogP contribution in [0.2, 0.25) is 0 Å². The first-order valence-corrected chi connectivity index (χ1v) is 12.9. The van der Waals surface area contributed by atoms with Crippen molar-refractivity contribution < 1.29 is 9.90 Å². The predicted molar refractivity (Wildman–Crippen MR) is 134 cm³/mol. The Kier molecular flexibility index (Phi) is 16.7. The summed E-state index contributed by atoms with van der Waals surface area (Å²) in [5.74, 6) is 0.233. The molecule has 0 saturated heterocycles. The van der Waals surface area contributed by atoms with E-state index in [2.05, 4.69) is 12.2 Å². The van der Waals surface area contributed by atoms with Crippen molar-refractivity contribution in [3.05, 3.63) is 35.4 Å². The van der Waals surface area contributed by atoms with E-state index in [1.54, 1.807) is 12.1 Å². The number of rotatable bonds is 19. The van der Waals surface area contributed by atoms with Crippen molar-refractivity contribution in [3.63, 3.8) is 0 Å². The molecule has 0 heterocycles. The summed E-state index contributed by atoms with van der Waals surface area (Å²) in [7, 11) is 0. The molecule has 0 saturated carbocycles. The Morgan fingerprint density at radius 3 is 1.61 bits per heavy atom. The highest BCUT2D eigenvalue weighted by atomic mass is 16.3. The zero-order valence-electron chi connectivity index (χ0n) is 20.3. The second-order valence-electron chi connectivity index (χ2n) is 8.98. The number of amides is 1. The van der Waals surface area contributed by atoms with E-state index >= 15 is 0 Å². The summed E-state index contributed by atoms with van der Waals surface area (Å²) in [6, 6.07) is 6.88. The molecule has 3 nitrogen and oxygen atoms in total. The maximum absolute atomic E-state index is 12.1. The lowest BCUT2D eigenvalue weighted by Crippen LogP contribution is -2.25. The molecule has 0 aliphatic carbocycles. The molecule has 0 aromatic heterocycles. The second kappa shape index (κ2) is 19.0. The van der Waals surface area contributed by atoms with Crippen LogP contribution >= 0.6 is 0 Å². The lowest BCUT2D eigenvalue weighted by atomic mass is 10.0. The Hall–Kier alpha value is -1.77. The number of unbranched alkanes of at least 4 members (excludes halogenated alkanes) is 15. The molecule has 0 aliphatic heterocycles. The maximum atomic E-state index is 12.1. The van der Waals surface area contributed by atoms with Crippen molar-refractivity contribution in [1.29, 1.82) is 0 Å². The highest BCUT2D eigenvalue weighted by Crippen LogP contribution is 2.14. The third kappa shape index (κ3) is 15.6. The Bertz CT molecular complexity index is 592. The molecule has 1 aromatic carbocycles. The maximum Gasteiger partial charge on any atom is 0.246 e. The van der Waals surface area contributed by atoms with Crippen molar-refractivity contribution in [3.8, 4) is 5.75 Å². The van der Waals surface area contributed by atoms with Crippen LogP contribution in [0.25, 0.3) is 6.08 Å². The van der Waals surface area contributed by atoms with Gasteiger partial charge in [0.2, 0.25) is 5.91 Å². The van der Waals surface area contributed by atoms with Gasteiger partial charge in [-0.25, -0.2) is 0 Å². The molecule has 1 amide bonds. The van der Waals surface area contributed by atoms with E-state index in [4.69, 9.17) is 0 Å². The van der Waals surface area contributed by atoms with E-state index in [0.717, 1.165) is 18.5 Å². The van der Waals surface area contributed by atoms with Crippen molar-refractivity contribution in [2.75, 3.05) is 6.54 Å². The number of carbonyl (C=O) groups excluding carboxylic acids is 1. The highest BCUT2D eigenvalue weighted by Gasteiger charge is 2.03. The van der Waals surface area contributed by atoms with Crippen molar-refractivity contribution in [1.82, 2.24) is 5.32 Å². The number of phenols is 1. The van der Waals surface area contributed by atoms with Crippen LogP contribution in [0.4, 0.5) is 0 Å². The summed E-state index contributed by atoms with van der Waals surface area (Å²) in [6.45, 7) is 4.86. The average Bonchev–Trinajstić information content (AvgIpc) is 2.77. The fourth-order valence-corrected chi connectivity index (χ4v) is 3.90. The van der Waals surface area contributed by atoms with Crippen LogP contribution < -0.4 is 5.32 Å². The van der Waals surface area contributed by atoms with Crippen molar-refractivity contribution >= 4 is 12.0 Å². The third-order valence-electron chi connectivity index (χ3n) is 5.95. The molecule has 176 valence electrons. The first-order chi connectivity index (χ1) is 15.1. The number of aromatic hydroxyl groups is 1. The van der Waals surface area contributed by atoms with Gasteiger partial charge < -0.3 is 10.4 Å². The van der Waals surface area contributed by atoms with Gasteiger partial charge in [0.15, 0.2) is 0 Å². The summed E-state index contributed by atoms with van der Waals surface area (Å²) >= 11 is 0. The van der Waals surface area contributed by atoms with Gasteiger partial charge in [0.05, 0.1) is 0 Å². The van der Waals surface area contributed by atoms with Gasteiger partial charge in [0.1, 0.15) is 5.75 Å². The standard InChI is InChI=1S/C28H47NO2/c1-3-4-5-6-7-8-9-10-11-12-13-14-15-16-17-18-23-29-28(31)25(2)24-26-19-21-27(30)22-20-26/h19-22,24,30H,3-18,23H2,1-2H3,(H,29,31)/b25-24+. The third-order valence-corrected chi connectivity index (χ3v) is 5.95. The molecule has 1 aromatic rings. The summed E-state index contributed by atoms with van der Waals surface area (Å²) in [5.41, 5.74) is 1.62. The minimum Gasteiger partial charge on any atom is -0.508 e. The van der Waals surface area contributed by atoms with Gasteiger partial charge in [0.25, 0.3) is 0 Å². The lowest BCUT2D eigenvalue weighted by Gasteiger charge is -2.06. The molecule has 0 unspecified atom stereocenters. The molecule has 0 radical (unpaired) electrons. The van der Waals surface area contributed by atoms with Crippen molar-refractivity contribution in [2.24, 2.45) is 0 Å². The van der Waals surface area contributed by atoms with E-state index in [9.17, 15) is 9.90 Å². The molecule has 0 aliphatic rings. The Labute approximate surface area is 191 Å². The molecular weight excluding hydrogens is 382 g/mol. The minimum absolute atomic E-state index is 0.00552. The van der Waals surface area contributed by atoms with Gasteiger partial charge in [0, 0.05) is 12.1 Å². The SMILES string of the molecule is CCCCCCCCCCCCCCCCCCNC(=O)/C(C)=C/c1ccc(O)cc1. The Morgan fingerprint density at radius 1 is 0.742 bits per heavy atom. The van der Waals surface area contributed by atoms with Gasteiger partial charge in [-0.1, -0.05) is 115 Å². The summed E-state index contributed by atoms with van der Waals surface area (Å²) in [5, 5.41) is 12.3. The van der Waals surface area contributed by atoms with Gasteiger partial charge in [-0.2, -0.15) is 0 Å². The number of hydrogen-bond donors (Lipinski definition) is 2. The average molecular weight is 430 g/mol. The molecular formula is C28H47NO2. The topological polar surface area (TPSA) is 49.3 Å². The molecule has 3 heteroatoms. The highest BCUT2D eigenvalue weighted by molar-refractivity contribution is 5.97. The quantitative estimate of drug-likeness (QED) is 0.172. The molecule has 0 atom stereocenters. The first-order valence-electron chi connectivity index (χ1n) is 12.9. The number of benzene rings is 1. The Balaban J connectivity index is 1.88. The number of phenolic OH excluding ortho intramolecular Hbond substituents is 1. The predicted octanol–water partition coefficient (Wildman–Crippen LogP) is 8.17. The van der Waals surface area contributed by atoms with Crippen LogP contribution in [0, 0.1) is 0 Å². The first kappa shape index (κ1) is 27.3. The normalized spacial score (nSPS) is 11.6. The number of hydrogen-bond acceptors (Lipinski definition) is 2. The molecule has 1 rings (SSSR count). The van der Waals surface area contributed by atoms with E-state index in [-0.39, 0.29) is 11.7 Å². The largest absolute Gasteiger partial charge is 0.508 e. The smallest absolute Gasteiger partial charge is 0.246 e. The summed E-state index contributed by atoms with van der Waals surface area (Å²) < 4.78 is 0. The van der Waals surface area contributed by atoms with E-state index in [1.165, 1.54) is 96.3 Å². The minimum atomic E-state index is -0.00552. The van der Waals surface area contributed by atoms with Crippen LogP contribution in [0.5, 0.6) is 5.75 Å². The fourth-order valence-electron chi connectivity index (χ4n) is 3.90. The van der Waals surface area contributed by atoms with E-state index in [0.29, 0.717) is 5.57 Å². The fraction of sp³-hybridized carbons (Fsp3) is 0.679. The Morgan fingerprint density at radius 2 is 1.16 bits per heavy atom. The summed E-state index contributed by atoms with van der Waals surface area (Å²) in [6.07, 6.45) is 23.6. The van der Waals surface area contributed by atoms with Crippen LogP contribution in [-0.2, 0) is 4.79 Å². The van der Waals surface area contributed by atoms with Crippen LogP contribution in [0.1, 0.15) is 122 Å². The van der Waals surface area contributed by atoms with E-state index < -0.39 is 0 Å². The van der Waals surface area contributed by atoms with Gasteiger partial charge in [-0.15, -0.1) is 0 Å². The second-order valence-corrected chi connectivity index (χ2v) is 8.98. The van der Waals surface area contributed by atoms with E-state index in [1.807, 2.05) is 25.1 Å². The molecule has 31 heavy (non-hydrogen) atoms. The number of carbonyl (C=O) groups is 1.